The number of carboxylic acids is 1. The first-order valence-corrected chi connectivity index (χ1v) is 5.26. The van der Waals surface area contributed by atoms with Crippen LogP contribution >= 0.6 is 11.6 Å². The molecule has 1 saturated heterocycles. The lowest BCUT2D eigenvalue weighted by atomic mass is 10.2. The molecule has 90 valence electrons. The minimum atomic E-state index is -1.20. The molecule has 1 aliphatic rings. The highest BCUT2D eigenvalue weighted by molar-refractivity contribution is 6.28. The molecule has 2 heterocycles. The van der Waals surface area contributed by atoms with Crippen LogP contribution in [0.2, 0.25) is 5.28 Å². The number of anilines is 1. The average molecular weight is 257 g/mol. The second-order valence-corrected chi connectivity index (χ2v) is 3.83. The lowest BCUT2D eigenvalue weighted by Crippen LogP contribution is -2.30. The molecular weight excluding hydrogens is 248 g/mol. The molecule has 17 heavy (non-hydrogen) atoms. The number of carboxylic acid groups (broad SMARTS) is 1. The number of nitrogens with one attached hydrogen (secondary N) is 2. The fraction of sp³-hybridized carbons (Fsp3) is 0.333. The smallest absolute Gasteiger partial charge is 0.354 e. The lowest BCUT2D eigenvalue weighted by molar-refractivity contribution is -0.119. The van der Waals surface area contributed by atoms with Gasteiger partial charge in [-0.3, -0.25) is 4.79 Å². The number of halogens is 1. The lowest BCUT2D eigenvalue weighted by Gasteiger charge is -2.10. The molecule has 0 radical (unpaired) electrons. The number of aromatic nitrogens is 2. The summed E-state index contributed by atoms with van der Waals surface area (Å²) in [6.45, 7) is 0.584. The van der Waals surface area contributed by atoms with Crippen LogP contribution in [0.1, 0.15) is 16.9 Å². The molecule has 0 bridgehead atoms. The fourth-order valence-electron chi connectivity index (χ4n) is 1.51. The van der Waals surface area contributed by atoms with Crippen LogP contribution in [-0.4, -0.2) is 39.5 Å². The van der Waals surface area contributed by atoms with E-state index in [4.69, 9.17) is 16.7 Å². The van der Waals surface area contributed by atoms with Gasteiger partial charge in [0.1, 0.15) is 11.9 Å². The van der Waals surface area contributed by atoms with Gasteiger partial charge < -0.3 is 15.7 Å². The van der Waals surface area contributed by atoms with E-state index in [-0.39, 0.29) is 22.7 Å². The zero-order valence-electron chi connectivity index (χ0n) is 8.61. The molecule has 0 saturated carbocycles. The molecule has 1 unspecified atom stereocenters. The van der Waals surface area contributed by atoms with Crippen molar-refractivity contribution >= 4 is 29.3 Å². The Bertz CT molecular complexity index is 479. The van der Waals surface area contributed by atoms with Crippen LogP contribution in [0.25, 0.3) is 0 Å². The summed E-state index contributed by atoms with van der Waals surface area (Å²) < 4.78 is 0. The van der Waals surface area contributed by atoms with Gasteiger partial charge in [-0.2, -0.15) is 0 Å². The van der Waals surface area contributed by atoms with Gasteiger partial charge in [0.25, 0.3) is 0 Å². The molecule has 1 fully saturated rings. The first-order chi connectivity index (χ1) is 8.06. The van der Waals surface area contributed by atoms with E-state index in [2.05, 4.69) is 20.6 Å². The normalized spacial score (nSPS) is 18.9. The van der Waals surface area contributed by atoms with E-state index in [0.29, 0.717) is 13.0 Å². The van der Waals surface area contributed by atoms with Crippen molar-refractivity contribution in [2.75, 3.05) is 11.9 Å². The number of hydrogen-bond acceptors (Lipinski definition) is 5. The van der Waals surface area contributed by atoms with Crippen LogP contribution in [0.15, 0.2) is 6.07 Å². The Labute approximate surface area is 101 Å². The molecule has 8 heteroatoms. The van der Waals surface area contributed by atoms with Crippen molar-refractivity contribution in [3.05, 3.63) is 17.0 Å². The van der Waals surface area contributed by atoms with Crippen molar-refractivity contribution in [1.29, 1.82) is 0 Å². The summed E-state index contributed by atoms with van der Waals surface area (Å²) in [6.07, 6.45) is 0.614. The largest absolute Gasteiger partial charge is 0.477 e. The molecule has 1 aromatic rings. The molecule has 1 aromatic heterocycles. The van der Waals surface area contributed by atoms with Crippen LogP contribution in [0, 0.1) is 0 Å². The Kier molecular flexibility index (Phi) is 3.10. The van der Waals surface area contributed by atoms with Crippen LogP contribution in [-0.2, 0) is 4.79 Å². The van der Waals surface area contributed by atoms with Gasteiger partial charge in [0.2, 0.25) is 11.2 Å². The summed E-state index contributed by atoms with van der Waals surface area (Å²) in [6, 6.07) is 0.822. The van der Waals surface area contributed by atoms with E-state index in [0.717, 1.165) is 0 Å². The van der Waals surface area contributed by atoms with Gasteiger partial charge in [-0.15, -0.1) is 0 Å². The van der Waals surface area contributed by atoms with Gasteiger partial charge in [-0.05, 0) is 18.0 Å². The van der Waals surface area contributed by atoms with Gasteiger partial charge in [0.05, 0.1) is 0 Å². The third-order valence-electron chi connectivity index (χ3n) is 2.29. The molecule has 1 amide bonds. The van der Waals surface area contributed by atoms with E-state index in [9.17, 15) is 9.59 Å². The standard InChI is InChI=1S/C9H9ClN4O3/c10-9-13-5(8(16)17)3-6(14-9)12-4-1-2-11-7(4)15/h3-4H,1-2H2,(H,11,15)(H,16,17)(H,12,13,14). The molecule has 2 rings (SSSR count). The summed E-state index contributed by atoms with van der Waals surface area (Å²) in [4.78, 5) is 29.4. The fourth-order valence-corrected chi connectivity index (χ4v) is 1.69. The summed E-state index contributed by atoms with van der Waals surface area (Å²) in [5.74, 6) is -1.12. The number of aromatic carboxylic acids is 1. The molecule has 1 aliphatic heterocycles. The van der Waals surface area contributed by atoms with E-state index in [1.54, 1.807) is 0 Å². The number of amides is 1. The van der Waals surface area contributed by atoms with Gasteiger partial charge in [-0.1, -0.05) is 0 Å². The molecule has 3 N–H and O–H groups in total. The van der Waals surface area contributed by atoms with Gasteiger partial charge in [0, 0.05) is 12.6 Å². The number of hydrogen-bond donors (Lipinski definition) is 3. The van der Waals surface area contributed by atoms with Crippen LogP contribution in [0.4, 0.5) is 5.82 Å². The van der Waals surface area contributed by atoms with Gasteiger partial charge in [-0.25, -0.2) is 14.8 Å². The van der Waals surface area contributed by atoms with E-state index >= 15 is 0 Å². The van der Waals surface area contributed by atoms with E-state index in [1.807, 2.05) is 0 Å². The second kappa shape index (κ2) is 4.54. The summed E-state index contributed by atoms with van der Waals surface area (Å²) in [7, 11) is 0. The highest BCUT2D eigenvalue weighted by Gasteiger charge is 2.24. The predicted octanol–water partition coefficient (Wildman–Crippen LogP) is 0.129. The highest BCUT2D eigenvalue weighted by atomic mass is 35.5. The third kappa shape index (κ3) is 2.62. The van der Waals surface area contributed by atoms with E-state index in [1.165, 1.54) is 6.07 Å². The van der Waals surface area contributed by atoms with Gasteiger partial charge in [0.15, 0.2) is 5.69 Å². The number of nitrogens with zero attached hydrogens (tertiary/aromatic N) is 2. The quantitative estimate of drug-likeness (QED) is 0.664. The first kappa shape index (κ1) is 11.6. The minimum Gasteiger partial charge on any atom is -0.477 e. The zero-order chi connectivity index (χ0) is 12.4. The molecule has 0 aromatic carbocycles. The van der Waals surface area contributed by atoms with Crippen molar-refractivity contribution < 1.29 is 14.7 Å². The summed E-state index contributed by atoms with van der Waals surface area (Å²) >= 11 is 5.59. The Morgan fingerprint density at radius 2 is 2.35 bits per heavy atom. The Morgan fingerprint density at radius 1 is 1.59 bits per heavy atom. The molecule has 7 nitrogen and oxygen atoms in total. The number of carbonyl (C=O) groups excluding carboxylic acids is 1. The number of carbonyl (C=O) groups is 2. The van der Waals surface area contributed by atoms with Gasteiger partial charge >= 0.3 is 5.97 Å². The molecule has 1 atom stereocenters. The van der Waals surface area contributed by atoms with Crippen molar-refractivity contribution in [2.24, 2.45) is 0 Å². The SMILES string of the molecule is O=C(O)c1cc(NC2CCNC2=O)nc(Cl)n1. The summed E-state index contributed by atoms with van der Waals surface area (Å²) in [5, 5.41) is 14.1. The van der Waals surface area contributed by atoms with Crippen molar-refractivity contribution in [3.8, 4) is 0 Å². The highest BCUT2D eigenvalue weighted by Crippen LogP contribution is 2.14. The minimum absolute atomic E-state index is 0.142. The first-order valence-electron chi connectivity index (χ1n) is 4.88. The maximum absolute atomic E-state index is 11.3. The zero-order valence-corrected chi connectivity index (χ0v) is 9.36. The van der Waals surface area contributed by atoms with Crippen LogP contribution < -0.4 is 10.6 Å². The second-order valence-electron chi connectivity index (χ2n) is 3.49. The Balaban J connectivity index is 2.20. The van der Waals surface area contributed by atoms with E-state index < -0.39 is 12.0 Å². The van der Waals surface area contributed by atoms with Crippen molar-refractivity contribution in [1.82, 2.24) is 15.3 Å². The van der Waals surface area contributed by atoms with Crippen LogP contribution in [0.5, 0.6) is 0 Å². The maximum Gasteiger partial charge on any atom is 0.354 e. The monoisotopic (exact) mass is 256 g/mol. The maximum atomic E-state index is 11.3. The Hall–Kier alpha value is -1.89. The Morgan fingerprint density at radius 3 is 2.94 bits per heavy atom. The van der Waals surface area contributed by atoms with Crippen molar-refractivity contribution in [3.63, 3.8) is 0 Å². The third-order valence-corrected chi connectivity index (χ3v) is 2.46. The topological polar surface area (TPSA) is 104 Å². The predicted molar refractivity (Wildman–Crippen MR) is 59.0 cm³/mol. The molecular formula is C9H9ClN4O3. The number of rotatable bonds is 3. The van der Waals surface area contributed by atoms with Crippen molar-refractivity contribution in [2.45, 2.75) is 12.5 Å². The van der Waals surface area contributed by atoms with Crippen LogP contribution in [0.3, 0.4) is 0 Å². The summed E-state index contributed by atoms with van der Waals surface area (Å²) in [5.41, 5.74) is -0.217. The molecule has 0 aliphatic carbocycles. The molecule has 0 spiro atoms. The average Bonchev–Trinajstić information content (AvgIpc) is 2.63.